The predicted octanol–water partition coefficient (Wildman–Crippen LogP) is 2.78. The molecule has 0 fully saturated rings. The van der Waals surface area contributed by atoms with Gasteiger partial charge in [0.1, 0.15) is 11.3 Å². The molecule has 126 valence electrons. The summed E-state index contributed by atoms with van der Waals surface area (Å²) in [6, 6.07) is 5.35. The van der Waals surface area contributed by atoms with Gasteiger partial charge in [-0.2, -0.15) is 0 Å². The average Bonchev–Trinajstić information content (AvgIpc) is 3.01. The Morgan fingerprint density at radius 1 is 1.25 bits per heavy atom. The van der Waals surface area contributed by atoms with E-state index >= 15 is 0 Å². The highest BCUT2D eigenvalue weighted by atomic mass is 16.2. The van der Waals surface area contributed by atoms with E-state index in [1.54, 1.807) is 37.3 Å². The van der Waals surface area contributed by atoms with E-state index in [1.165, 1.54) is 0 Å². The molecule has 0 bridgehead atoms. The third-order valence-corrected chi connectivity index (χ3v) is 4.51. The van der Waals surface area contributed by atoms with Crippen LogP contribution < -0.4 is 5.56 Å². The highest BCUT2D eigenvalue weighted by molar-refractivity contribution is 5.97. The van der Waals surface area contributed by atoms with E-state index in [9.17, 15) is 9.59 Å². The van der Waals surface area contributed by atoms with E-state index in [2.05, 4.69) is 23.8 Å². The van der Waals surface area contributed by atoms with Gasteiger partial charge in [-0.05, 0) is 31.0 Å². The minimum atomic E-state index is -0.168. The van der Waals surface area contributed by atoms with Gasteiger partial charge < -0.3 is 9.88 Å². The molecule has 0 spiro atoms. The van der Waals surface area contributed by atoms with Crippen LogP contribution in [-0.4, -0.2) is 39.3 Å². The molecule has 1 N–H and O–H groups in total. The number of hydrogen-bond donors (Lipinski definition) is 1. The average molecular weight is 326 g/mol. The number of carbonyl (C=O) groups excluding carboxylic acids is 1. The van der Waals surface area contributed by atoms with E-state index in [-0.39, 0.29) is 17.4 Å². The zero-order chi connectivity index (χ0) is 17.4. The summed E-state index contributed by atoms with van der Waals surface area (Å²) in [6.07, 6.45) is 3.51. The Bertz CT molecular complexity index is 964. The zero-order valence-electron chi connectivity index (χ0n) is 14.5. The molecule has 2 aromatic heterocycles. The molecule has 0 aliphatic carbocycles. The third kappa shape index (κ3) is 2.48. The van der Waals surface area contributed by atoms with Gasteiger partial charge in [-0.1, -0.05) is 13.8 Å². The Balaban J connectivity index is 2.37. The van der Waals surface area contributed by atoms with Crippen LogP contribution in [-0.2, 0) is 0 Å². The molecule has 1 amide bonds. The molecule has 0 atom stereocenters. The number of carbonyl (C=O) groups is 1. The van der Waals surface area contributed by atoms with Gasteiger partial charge >= 0.3 is 0 Å². The van der Waals surface area contributed by atoms with Gasteiger partial charge in [0, 0.05) is 25.6 Å². The molecule has 1 aromatic carbocycles. The summed E-state index contributed by atoms with van der Waals surface area (Å²) < 4.78 is 1.90. The second-order valence-corrected chi connectivity index (χ2v) is 6.24. The lowest BCUT2D eigenvalue weighted by Gasteiger charge is -2.14. The second kappa shape index (κ2) is 6.11. The van der Waals surface area contributed by atoms with Crippen LogP contribution in [0.1, 0.15) is 48.8 Å². The van der Waals surface area contributed by atoms with Crippen LogP contribution >= 0.6 is 0 Å². The number of hydrogen-bond acceptors (Lipinski definition) is 3. The van der Waals surface area contributed by atoms with Crippen molar-refractivity contribution in [3.63, 3.8) is 0 Å². The number of amides is 1. The molecule has 0 saturated carbocycles. The van der Waals surface area contributed by atoms with E-state index in [4.69, 9.17) is 0 Å². The van der Waals surface area contributed by atoms with Gasteiger partial charge in [0.2, 0.25) is 0 Å². The lowest BCUT2D eigenvalue weighted by Crippen LogP contribution is -2.22. The monoisotopic (exact) mass is 326 g/mol. The maximum absolute atomic E-state index is 12.3. The van der Waals surface area contributed by atoms with Gasteiger partial charge in [-0.3, -0.25) is 14.0 Å². The van der Waals surface area contributed by atoms with Crippen LogP contribution in [0.2, 0.25) is 0 Å². The molecule has 0 aliphatic heterocycles. The van der Waals surface area contributed by atoms with Crippen molar-refractivity contribution in [1.82, 2.24) is 19.3 Å². The number of aromatic nitrogens is 3. The smallest absolute Gasteiger partial charge is 0.274 e. The number of fused-ring (bicyclic) bond motifs is 3. The highest BCUT2D eigenvalue weighted by Crippen LogP contribution is 2.25. The number of benzene rings is 1. The van der Waals surface area contributed by atoms with Crippen molar-refractivity contribution in [3.05, 3.63) is 46.1 Å². The molecule has 2 heterocycles. The summed E-state index contributed by atoms with van der Waals surface area (Å²) in [5.74, 6) is 1.08. The number of rotatable bonds is 4. The Labute approximate surface area is 140 Å². The Morgan fingerprint density at radius 2 is 1.96 bits per heavy atom. The van der Waals surface area contributed by atoms with Gasteiger partial charge in [-0.15, -0.1) is 0 Å². The lowest BCUT2D eigenvalue weighted by molar-refractivity contribution is 0.0827. The Kier molecular flexibility index (Phi) is 4.13. The van der Waals surface area contributed by atoms with Gasteiger partial charge in [-0.25, -0.2) is 4.98 Å². The fraction of sp³-hybridized carbons (Fsp3) is 0.389. The maximum Gasteiger partial charge on any atom is 0.274 e. The molecule has 24 heavy (non-hydrogen) atoms. The minimum Gasteiger partial charge on any atom is -0.345 e. The maximum atomic E-state index is 12.3. The van der Waals surface area contributed by atoms with Crippen molar-refractivity contribution in [1.29, 1.82) is 0 Å². The van der Waals surface area contributed by atoms with Crippen LogP contribution in [0.4, 0.5) is 0 Å². The fourth-order valence-electron chi connectivity index (χ4n) is 3.12. The van der Waals surface area contributed by atoms with Crippen LogP contribution in [0, 0.1) is 0 Å². The van der Waals surface area contributed by atoms with Crippen molar-refractivity contribution >= 4 is 22.5 Å². The highest BCUT2D eigenvalue weighted by Gasteiger charge is 2.18. The first kappa shape index (κ1) is 16.2. The van der Waals surface area contributed by atoms with Crippen LogP contribution in [0.5, 0.6) is 0 Å². The number of H-pyrrole nitrogens is 1. The molecule has 6 heteroatoms. The molecule has 3 rings (SSSR count). The Morgan fingerprint density at radius 3 is 2.58 bits per heavy atom. The summed E-state index contributed by atoms with van der Waals surface area (Å²) >= 11 is 0. The molecule has 0 radical (unpaired) electrons. The van der Waals surface area contributed by atoms with Crippen LogP contribution in [0.3, 0.4) is 0 Å². The number of nitrogens with one attached hydrogen (secondary N) is 1. The van der Waals surface area contributed by atoms with E-state index in [0.717, 1.165) is 24.2 Å². The van der Waals surface area contributed by atoms with E-state index < -0.39 is 0 Å². The van der Waals surface area contributed by atoms with Crippen molar-refractivity contribution in [2.75, 3.05) is 14.1 Å². The SMILES string of the molecule is CCC(CC)c1ncc2c(=O)[nH]c3ccc(C(=O)N(C)C)cc3n12. The number of nitrogens with zero attached hydrogens (tertiary/aromatic N) is 3. The molecular formula is C18H22N4O2. The summed E-state index contributed by atoms with van der Waals surface area (Å²) in [4.78, 5) is 33.6. The normalized spacial score (nSPS) is 11.5. The summed E-state index contributed by atoms with van der Waals surface area (Å²) in [6.45, 7) is 4.23. The van der Waals surface area contributed by atoms with Crippen molar-refractivity contribution < 1.29 is 4.79 Å². The number of aromatic amines is 1. The largest absolute Gasteiger partial charge is 0.345 e. The lowest BCUT2D eigenvalue weighted by atomic mass is 10.0. The minimum absolute atomic E-state index is 0.0690. The summed E-state index contributed by atoms with van der Waals surface area (Å²) in [5.41, 5.74) is 2.44. The first-order valence-corrected chi connectivity index (χ1v) is 8.23. The first-order chi connectivity index (χ1) is 11.5. The van der Waals surface area contributed by atoms with Crippen molar-refractivity contribution in [3.8, 4) is 0 Å². The topological polar surface area (TPSA) is 70.5 Å². The van der Waals surface area contributed by atoms with Crippen LogP contribution in [0.25, 0.3) is 16.6 Å². The molecular weight excluding hydrogens is 304 g/mol. The molecule has 3 aromatic rings. The zero-order valence-corrected chi connectivity index (χ0v) is 14.5. The first-order valence-electron chi connectivity index (χ1n) is 8.23. The summed E-state index contributed by atoms with van der Waals surface area (Å²) in [7, 11) is 3.45. The predicted molar refractivity (Wildman–Crippen MR) is 94.7 cm³/mol. The van der Waals surface area contributed by atoms with Gasteiger partial charge in [0.25, 0.3) is 11.5 Å². The molecule has 0 unspecified atom stereocenters. The molecule has 6 nitrogen and oxygen atoms in total. The van der Waals surface area contributed by atoms with Gasteiger partial charge in [0.05, 0.1) is 17.2 Å². The van der Waals surface area contributed by atoms with Crippen LogP contribution in [0.15, 0.2) is 29.2 Å². The second-order valence-electron chi connectivity index (χ2n) is 6.24. The quantitative estimate of drug-likeness (QED) is 0.801. The van der Waals surface area contributed by atoms with E-state index in [1.807, 2.05) is 10.5 Å². The third-order valence-electron chi connectivity index (χ3n) is 4.51. The van der Waals surface area contributed by atoms with Crippen molar-refractivity contribution in [2.45, 2.75) is 32.6 Å². The van der Waals surface area contributed by atoms with Crippen molar-refractivity contribution in [2.24, 2.45) is 0 Å². The Hall–Kier alpha value is -2.63. The molecule has 0 aliphatic rings. The number of imidazole rings is 1. The molecule has 0 saturated heterocycles. The standard InChI is InChI=1S/C18H22N4O2/c1-5-11(6-2)16-19-10-15-17(23)20-13-8-7-12(18(24)21(3)4)9-14(13)22(15)16/h7-11H,5-6H2,1-4H3,(H,20,23). The van der Waals surface area contributed by atoms with E-state index in [0.29, 0.717) is 16.6 Å². The van der Waals surface area contributed by atoms with Gasteiger partial charge in [0.15, 0.2) is 0 Å². The summed E-state index contributed by atoms with van der Waals surface area (Å²) in [5, 5.41) is 0. The fourth-order valence-corrected chi connectivity index (χ4v) is 3.12.